The van der Waals surface area contributed by atoms with Crippen molar-refractivity contribution in [1.29, 1.82) is 26.3 Å². The minimum atomic E-state index is -3.57. The molecule has 2 N–H and O–H groups in total. The lowest BCUT2D eigenvalue weighted by Crippen LogP contribution is -2.17. The number of hydrogen-bond acceptors (Lipinski definition) is 10. The van der Waals surface area contributed by atoms with Gasteiger partial charge in [0.25, 0.3) is 5.70 Å². The highest BCUT2D eigenvalue weighted by molar-refractivity contribution is 7.92. The van der Waals surface area contributed by atoms with Crippen LogP contribution in [0.3, 0.4) is 0 Å². The van der Waals surface area contributed by atoms with E-state index >= 15 is 0 Å². The molecule has 0 fully saturated rings. The zero-order valence-electron chi connectivity index (χ0n) is 34.4. The molecule has 314 valence electrons. The maximum atomic E-state index is 11.8. The molecule has 15 heteroatoms. The van der Waals surface area contributed by atoms with Crippen LogP contribution >= 0.6 is 0 Å². The molecule has 1 aliphatic rings. The summed E-state index contributed by atoms with van der Waals surface area (Å²) in [4.78, 5) is 5.46. The fourth-order valence-corrected chi connectivity index (χ4v) is 7.94. The van der Waals surface area contributed by atoms with Gasteiger partial charge in [0, 0.05) is 33.9 Å². The van der Waals surface area contributed by atoms with Gasteiger partial charge in [-0.05, 0) is 95.8 Å². The van der Waals surface area contributed by atoms with Crippen LogP contribution in [0.5, 0.6) is 0 Å². The van der Waals surface area contributed by atoms with Crippen molar-refractivity contribution in [2.75, 3.05) is 26.9 Å². The largest absolute Gasteiger partial charge is 0.310 e. The first kappa shape index (κ1) is 46.4. The van der Waals surface area contributed by atoms with Gasteiger partial charge in [-0.25, -0.2) is 26.9 Å². The van der Waals surface area contributed by atoms with E-state index in [4.69, 9.17) is 6.57 Å². The van der Waals surface area contributed by atoms with Crippen LogP contribution in [0.1, 0.15) is 24.0 Å². The number of nitrogens with one attached hydrogen (secondary N) is 2. The molecular weight excluding hydrogens is 843 g/mol. The van der Waals surface area contributed by atoms with E-state index in [0.717, 1.165) is 40.7 Å². The van der Waals surface area contributed by atoms with Gasteiger partial charge in [-0.15, -0.1) is 0 Å². The SMILES string of the molecule is [C-]#[N+]/C(C#N)=C(/C(C#N)=C/C=C/C1=C(N(c2ccccc2)c2ccccc2)C(=C/C=C/C(C#N)=C(\c2ccc(NS(C)(=O)=O)cc2)C(C#N)C#N)CC1)c1ccc(NS(C)(=O)=O)cc1. The molecule has 0 amide bonds. The summed E-state index contributed by atoms with van der Waals surface area (Å²) in [6, 6.07) is 41.4. The van der Waals surface area contributed by atoms with Crippen molar-refractivity contribution in [2.45, 2.75) is 12.8 Å². The van der Waals surface area contributed by atoms with Gasteiger partial charge < -0.3 is 4.90 Å². The Bertz CT molecular complexity index is 3070. The van der Waals surface area contributed by atoms with E-state index in [9.17, 15) is 43.1 Å². The normalized spacial score (nSPS) is 14.4. The molecule has 0 aromatic heterocycles. The van der Waals surface area contributed by atoms with Crippen molar-refractivity contribution in [3.8, 4) is 30.3 Å². The fourth-order valence-electron chi connectivity index (χ4n) is 6.81. The first-order chi connectivity index (χ1) is 30.7. The van der Waals surface area contributed by atoms with Crippen LogP contribution in [-0.4, -0.2) is 29.3 Å². The predicted octanol–water partition coefficient (Wildman–Crippen LogP) is 9.60. The van der Waals surface area contributed by atoms with E-state index in [1.54, 1.807) is 12.2 Å². The van der Waals surface area contributed by atoms with Gasteiger partial charge in [0.05, 0.1) is 66.3 Å². The van der Waals surface area contributed by atoms with Gasteiger partial charge in [0.2, 0.25) is 20.0 Å². The molecule has 1 aliphatic carbocycles. The minimum Gasteiger partial charge on any atom is -0.310 e. The number of rotatable bonds is 15. The van der Waals surface area contributed by atoms with Crippen LogP contribution in [0.2, 0.25) is 0 Å². The molecular formula is C49H37N9O4S2. The molecule has 0 radical (unpaired) electrons. The van der Waals surface area contributed by atoms with Crippen LogP contribution in [0.4, 0.5) is 22.7 Å². The van der Waals surface area contributed by atoms with Crippen molar-refractivity contribution >= 4 is 53.9 Å². The van der Waals surface area contributed by atoms with Crippen molar-refractivity contribution in [3.63, 3.8) is 0 Å². The molecule has 0 saturated heterocycles. The van der Waals surface area contributed by atoms with Gasteiger partial charge in [-0.3, -0.25) is 9.44 Å². The lowest BCUT2D eigenvalue weighted by Gasteiger charge is -2.28. The van der Waals surface area contributed by atoms with Gasteiger partial charge in [-0.1, -0.05) is 85.0 Å². The smallest absolute Gasteiger partial charge is 0.270 e. The lowest BCUT2D eigenvalue weighted by molar-refractivity contribution is 0.605. The average molecular weight is 880 g/mol. The summed E-state index contributed by atoms with van der Waals surface area (Å²) in [7, 11) is -7.13. The standard InChI is InChI=1S/C49H37N9O4S2/c1-55-46(34-54)48(36-24-28-43(29-25-36)57-64(3,61)62)40(31-51)15-11-13-38-21-20-37(49(38)58(44-16-6-4-7-17-44)45-18-8-5-9-19-45)12-10-14-39(30-50)47(41(32-52)33-53)35-22-26-42(27-23-35)56-63(2,59)60/h4-19,22-29,41,56-57H,20-21H2,2-3H3/b13-11+,14-10+,37-12?,40-15+,47-39-,48-46+. The number of sulfonamides is 2. The van der Waals surface area contributed by atoms with E-state index in [1.165, 1.54) is 60.7 Å². The number of allylic oxidation sites excluding steroid dienone is 13. The quantitative estimate of drug-likeness (QED) is 0.0654. The maximum Gasteiger partial charge on any atom is 0.270 e. The number of anilines is 4. The monoisotopic (exact) mass is 879 g/mol. The number of nitrogens with zero attached hydrogens (tertiary/aromatic N) is 7. The third kappa shape index (κ3) is 12.0. The zero-order chi connectivity index (χ0) is 46.3. The Kier molecular flexibility index (Phi) is 15.4. The van der Waals surface area contributed by atoms with Crippen molar-refractivity contribution in [2.24, 2.45) is 5.92 Å². The van der Waals surface area contributed by atoms with E-state index < -0.39 is 26.0 Å². The number of hydrogen-bond donors (Lipinski definition) is 2. The van der Waals surface area contributed by atoms with Crippen molar-refractivity contribution in [3.05, 3.63) is 202 Å². The Labute approximate surface area is 373 Å². The van der Waals surface area contributed by atoms with Crippen LogP contribution in [0.15, 0.2) is 179 Å². The minimum absolute atomic E-state index is 0.0235. The zero-order valence-corrected chi connectivity index (χ0v) is 36.1. The van der Waals surface area contributed by atoms with Gasteiger partial charge >= 0.3 is 0 Å². The summed E-state index contributed by atoms with van der Waals surface area (Å²) >= 11 is 0. The molecule has 0 unspecified atom stereocenters. The maximum absolute atomic E-state index is 11.8. The van der Waals surface area contributed by atoms with E-state index in [-0.39, 0.29) is 39.4 Å². The Hall–Kier alpha value is -8.70. The molecule has 4 aromatic rings. The van der Waals surface area contributed by atoms with E-state index in [0.29, 0.717) is 24.0 Å². The molecule has 0 bridgehead atoms. The lowest BCUT2D eigenvalue weighted by atomic mass is 9.90. The molecule has 4 aromatic carbocycles. The van der Waals surface area contributed by atoms with Crippen molar-refractivity contribution in [1.82, 2.24) is 0 Å². The highest BCUT2D eigenvalue weighted by Crippen LogP contribution is 2.42. The second kappa shape index (κ2) is 21.2. The predicted molar refractivity (Wildman–Crippen MR) is 248 cm³/mol. The summed E-state index contributed by atoms with van der Waals surface area (Å²) in [6.45, 7) is 7.68. The summed E-state index contributed by atoms with van der Waals surface area (Å²) in [5, 5.41) is 50.4. The van der Waals surface area contributed by atoms with Crippen LogP contribution < -0.4 is 14.3 Å². The van der Waals surface area contributed by atoms with Crippen molar-refractivity contribution < 1.29 is 16.8 Å². The van der Waals surface area contributed by atoms with Crippen LogP contribution in [0.25, 0.3) is 16.0 Å². The highest BCUT2D eigenvalue weighted by atomic mass is 32.2. The summed E-state index contributed by atoms with van der Waals surface area (Å²) in [5.74, 6) is -1.32. The number of para-hydroxylation sites is 2. The Morgan fingerprint density at radius 3 is 1.69 bits per heavy atom. The molecule has 64 heavy (non-hydrogen) atoms. The third-order valence-corrected chi connectivity index (χ3v) is 10.6. The second-order valence-electron chi connectivity index (χ2n) is 14.0. The molecule has 0 heterocycles. The topological polar surface area (TPSA) is 219 Å². The Morgan fingerprint density at radius 1 is 0.703 bits per heavy atom. The van der Waals surface area contributed by atoms with Crippen LogP contribution in [-0.2, 0) is 20.0 Å². The van der Waals surface area contributed by atoms with Gasteiger partial charge in [-0.2, -0.15) is 21.0 Å². The van der Waals surface area contributed by atoms with Gasteiger partial charge in [0.15, 0.2) is 5.92 Å². The molecule has 5 rings (SSSR count). The molecule has 0 aliphatic heterocycles. The molecule has 0 saturated carbocycles. The second-order valence-corrected chi connectivity index (χ2v) is 17.5. The molecule has 0 atom stereocenters. The molecule has 0 spiro atoms. The average Bonchev–Trinajstić information content (AvgIpc) is 3.67. The first-order valence-corrected chi connectivity index (χ1v) is 22.9. The molecule has 13 nitrogen and oxygen atoms in total. The Morgan fingerprint density at radius 2 is 1.23 bits per heavy atom. The third-order valence-electron chi connectivity index (χ3n) is 9.42. The highest BCUT2D eigenvalue weighted by Gasteiger charge is 2.26. The summed E-state index contributed by atoms with van der Waals surface area (Å²) in [5.41, 5.74) is 5.47. The first-order valence-electron chi connectivity index (χ1n) is 19.2. The summed E-state index contributed by atoms with van der Waals surface area (Å²) < 4.78 is 51.8. The summed E-state index contributed by atoms with van der Waals surface area (Å²) in [6.07, 6.45) is 13.2. The van der Waals surface area contributed by atoms with E-state index in [1.807, 2.05) is 91.0 Å². The Balaban J connectivity index is 1.66. The number of benzene rings is 4. The van der Waals surface area contributed by atoms with Gasteiger partial charge in [0.1, 0.15) is 0 Å². The number of nitriles is 5. The fraction of sp³-hybridized carbons (Fsp3) is 0.102. The van der Waals surface area contributed by atoms with E-state index in [2.05, 4.69) is 31.3 Å². The van der Waals surface area contributed by atoms with Crippen LogP contribution in [0, 0.1) is 69.1 Å².